The Kier molecular flexibility index (Phi) is 5.28. The van der Waals surface area contributed by atoms with Gasteiger partial charge < -0.3 is 10.6 Å². The van der Waals surface area contributed by atoms with Gasteiger partial charge in [-0.3, -0.25) is 0 Å². The summed E-state index contributed by atoms with van der Waals surface area (Å²) in [7, 11) is 0. The molecule has 0 aromatic rings. The van der Waals surface area contributed by atoms with Gasteiger partial charge in [0.1, 0.15) is 0 Å². The van der Waals surface area contributed by atoms with E-state index in [2.05, 4.69) is 43.2 Å². The zero-order valence-electron chi connectivity index (χ0n) is 9.73. The first kappa shape index (κ1) is 12.3. The number of thioether (sulfide) groups is 1. The lowest BCUT2D eigenvalue weighted by molar-refractivity contribution is 0.461. The Labute approximate surface area is 92.6 Å². The van der Waals surface area contributed by atoms with Crippen LogP contribution in [0.2, 0.25) is 0 Å². The topological polar surface area (TPSA) is 24.1 Å². The molecule has 3 heteroatoms. The van der Waals surface area contributed by atoms with Gasteiger partial charge in [-0.05, 0) is 39.0 Å². The fraction of sp³-hybridized carbons (Fsp3) is 1.00. The predicted molar refractivity (Wildman–Crippen MR) is 66.1 cm³/mol. The van der Waals surface area contributed by atoms with Gasteiger partial charge in [-0.15, -0.1) is 0 Å². The third kappa shape index (κ3) is 4.20. The van der Waals surface area contributed by atoms with Crippen LogP contribution in [-0.2, 0) is 0 Å². The van der Waals surface area contributed by atoms with Crippen LogP contribution >= 0.6 is 11.8 Å². The summed E-state index contributed by atoms with van der Waals surface area (Å²) in [5, 5.41) is 6.98. The van der Waals surface area contributed by atoms with Crippen LogP contribution in [0, 0.1) is 0 Å². The molecule has 0 saturated carbocycles. The molecule has 0 bridgehead atoms. The molecule has 0 amide bonds. The fourth-order valence-electron chi connectivity index (χ4n) is 1.80. The zero-order chi connectivity index (χ0) is 10.4. The van der Waals surface area contributed by atoms with E-state index >= 15 is 0 Å². The summed E-state index contributed by atoms with van der Waals surface area (Å²) in [6, 6.07) is 0.591. The molecule has 2 atom stereocenters. The van der Waals surface area contributed by atoms with Gasteiger partial charge in [0, 0.05) is 23.9 Å². The molecule has 1 saturated heterocycles. The van der Waals surface area contributed by atoms with Crippen LogP contribution in [-0.4, -0.2) is 36.2 Å². The summed E-state index contributed by atoms with van der Waals surface area (Å²) in [5.74, 6) is 1.35. The van der Waals surface area contributed by atoms with Crippen molar-refractivity contribution >= 4 is 11.8 Å². The van der Waals surface area contributed by atoms with Crippen LogP contribution in [0.3, 0.4) is 0 Å². The number of nitrogens with one attached hydrogen (secondary N) is 2. The average Bonchev–Trinajstić information content (AvgIpc) is 2.60. The van der Waals surface area contributed by atoms with E-state index in [1.807, 2.05) is 0 Å². The maximum Gasteiger partial charge on any atom is 0.0256 e. The van der Waals surface area contributed by atoms with Crippen LogP contribution < -0.4 is 10.6 Å². The summed E-state index contributed by atoms with van der Waals surface area (Å²) in [6.07, 6.45) is 2.77. The standard InChI is InChI=1S/C11H24N2S/c1-4-12-8-10(2)13-9-11(3)6-5-7-14-11/h10,12-13H,4-9H2,1-3H3. The summed E-state index contributed by atoms with van der Waals surface area (Å²) in [5.41, 5.74) is 0. The molecule has 1 aliphatic heterocycles. The second-order valence-electron chi connectivity index (χ2n) is 4.49. The molecule has 1 heterocycles. The molecule has 1 aliphatic rings. The number of hydrogen-bond acceptors (Lipinski definition) is 3. The van der Waals surface area contributed by atoms with Crippen molar-refractivity contribution in [1.82, 2.24) is 10.6 Å². The Morgan fingerprint density at radius 3 is 2.86 bits per heavy atom. The smallest absolute Gasteiger partial charge is 0.0256 e. The molecule has 2 nitrogen and oxygen atoms in total. The first-order chi connectivity index (χ1) is 6.66. The lowest BCUT2D eigenvalue weighted by Crippen LogP contribution is -2.42. The van der Waals surface area contributed by atoms with Crippen molar-refractivity contribution in [1.29, 1.82) is 0 Å². The second kappa shape index (κ2) is 5.99. The number of hydrogen-bond donors (Lipinski definition) is 2. The third-order valence-electron chi connectivity index (χ3n) is 2.83. The number of likely N-dealkylation sites (N-methyl/N-ethyl adjacent to an activating group) is 1. The fourth-order valence-corrected chi connectivity index (χ4v) is 3.05. The van der Waals surface area contributed by atoms with Crippen molar-refractivity contribution in [3.63, 3.8) is 0 Å². The van der Waals surface area contributed by atoms with Crippen LogP contribution in [0.5, 0.6) is 0 Å². The van der Waals surface area contributed by atoms with Gasteiger partial charge >= 0.3 is 0 Å². The molecule has 0 aromatic carbocycles. The molecule has 0 aliphatic carbocycles. The van der Waals surface area contributed by atoms with E-state index in [-0.39, 0.29) is 0 Å². The van der Waals surface area contributed by atoms with E-state index in [1.165, 1.54) is 18.6 Å². The van der Waals surface area contributed by atoms with Gasteiger partial charge in [0.2, 0.25) is 0 Å². The van der Waals surface area contributed by atoms with Crippen molar-refractivity contribution in [3.8, 4) is 0 Å². The highest BCUT2D eigenvalue weighted by Gasteiger charge is 2.29. The molecule has 1 fully saturated rings. The van der Waals surface area contributed by atoms with E-state index < -0.39 is 0 Å². The van der Waals surface area contributed by atoms with Crippen molar-refractivity contribution in [2.75, 3.05) is 25.4 Å². The van der Waals surface area contributed by atoms with Gasteiger partial charge in [-0.1, -0.05) is 6.92 Å². The minimum Gasteiger partial charge on any atom is -0.315 e. The molecule has 1 rings (SSSR count). The lowest BCUT2D eigenvalue weighted by Gasteiger charge is -2.25. The lowest BCUT2D eigenvalue weighted by atomic mass is 10.1. The average molecular weight is 216 g/mol. The van der Waals surface area contributed by atoms with Crippen molar-refractivity contribution in [2.24, 2.45) is 0 Å². The van der Waals surface area contributed by atoms with Gasteiger partial charge in [0.15, 0.2) is 0 Å². The zero-order valence-corrected chi connectivity index (χ0v) is 10.5. The Bertz CT molecular complexity index is 155. The molecule has 2 unspecified atom stereocenters. The van der Waals surface area contributed by atoms with Gasteiger partial charge in [-0.2, -0.15) is 11.8 Å². The monoisotopic (exact) mass is 216 g/mol. The normalized spacial score (nSPS) is 29.4. The number of rotatable bonds is 6. The Balaban J connectivity index is 2.12. The molecule has 2 N–H and O–H groups in total. The van der Waals surface area contributed by atoms with E-state index in [0.717, 1.165) is 19.6 Å². The second-order valence-corrected chi connectivity index (χ2v) is 6.17. The van der Waals surface area contributed by atoms with Gasteiger partial charge in [0.25, 0.3) is 0 Å². The first-order valence-electron chi connectivity index (χ1n) is 5.74. The predicted octanol–water partition coefficient (Wildman–Crippen LogP) is 1.86. The molecule has 14 heavy (non-hydrogen) atoms. The Hall–Kier alpha value is 0.270. The van der Waals surface area contributed by atoms with Crippen molar-refractivity contribution in [2.45, 2.75) is 44.4 Å². The van der Waals surface area contributed by atoms with E-state index in [4.69, 9.17) is 0 Å². The minimum absolute atomic E-state index is 0.500. The summed E-state index contributed by atoms with van der Waals surface area (Å²) >= 11 is 2.13. The highest BCUT2D eigenvalue weighted by atomic mass is 32.2. The van der Waals surface area contributed by atoms with E-state index in [9.17, 15) is 0 Å². The third-order valence-corrected chi connectivity index (χ3v) is 4.36. The van der Waals surface area contributed by atoms with Crippen LogP contribution in [0.4, 0.5) is 0 Å². The quantitative estimate of drug-likeness (QED) is 0.709. The Morgan fingerprint density at radius 2 is 2.29 bits per heavy atom. The highest BCUT2D eigenvalue weighted by molar-refractivity contribution is 8.00. The Morgan fingerprint density at radius 1 is 1.50 bits per heavy atom. The largest absolute Gasteiger partial charge is 0.315 e. The maximum absolute atomic E-state index is 3.62. The maximum atomic E-state index is 3.62. The SMILES string of the molecule is CCNCC(C)NCC1(C)CCCS1. The molecule has 84 valence electrons. The van der Waals surface area contributed by atoms with Crippen LogP contribution in [0.25, 0.3) is 0 Å². The molecule has 0 spiro atoms. The van der Waals surface area contributed by atoms with Gasteiger partial charge in [-0.25, -0.2) is 0 Å². The van der Waals surface area contributed by atoms with Crippen LogP contribution in [0.15, 0.2) is 0 Å². The van der Waals surface area contributed by atoms with Gasteiger partial charge in [0.05, 0.1) is 0 Å². The first-order valence-corrected chi connectivity index (χ1v) is 6.73. The molecular weight excluding hydrogens is 192 g/mol. The molecular formula is C11H24N2S. The summed E-state index contributed by atoms with van der Waals surface area (Å²) in [4.78, 5) is 0. The van der Waals surface area contributed by atoms with E-state index in [1.54, 1.807) is 0 Å². The molecule has 0 aromatic heterocycles. The minimum atomic E-state index is 0.500. The van der Waals surface area contributed by atoms with Crippen molar-refractivity contribution < 1.29 is 0 Å². The summed E-state index contributed by atoms with van der Waals surface area (Å²) < 4.78 is 0.500. The van der Waals surface area contributed by atoms with Crippen molar-refractivity contribution in [3.05, 3.63) is 0 Å². The summed E-state index contributed by atoms with van der Waals surface area (Å²) in [6.45, 7) is 10.1. The highest BCUT2D eigenvalue weighted by Crippen LogP contribution is 2.36. The van der Waals surface area contributed by atoms with E-state index in [0.29, 0.717) is 10.8 Å². The molecule has 0 radical (unpaired) electrons. The van der Waals surface area contributed by atoms with Crippen LogP contribution in [0.1, 0.15) is 33.6 Å².